The van der Waals surface area contributed by atoms with E-state index in [1.54, 1.807) is 18.2 Å². The van der Waals surface area contributed by atoms with E-state index in [0.29, 0.717) is 5.56 Å². The van der Waals surface area contributed by atoms with Crippen molar-refractivity contribution in [2.75, 3.05) is 0 Å². The first-order chi connectivity index (χ1) is 10.2. The number of rotatable bonds is 5. The first-order valence-electron chi connectivity index (χ1n) is 7.29. The van der Waals surface area contributed by atoms with Gasteiger partial charge in [0.25, 0.3) is 5.69 Å². The number of ether oxygens (including phenoxy) is 1. The number of benzene rings is 1. The zero-order chi connectivity index (χ0) is 16.5. The molecular weight excluding hydrogens is 282 g/mol. The molecule has 5 heteroatoms. The fourth-order valence-electron chi connectivity index (χ4n) is 2.85. The fourth-order valence-corrected chi connectivity index (χ4v) is 2.85. The van der Waals surface area contributed by atoms with Crippen LogP contribution in [0.2, 0.25) is 0 Å². The summed E-state index contributed by atoms with van der Waals surface area (Å²) in [6, 6.07) is 6.31. The molecule has 2 rings (SSSR count). The number of nitrogens with zero attached hydrogens (tertiary/aromatic N) is 1. The van der Waals surface area contributed by atoms with Gasteiger partial charge in [0.05, 0.1) is 16.4 Å². The van der Waals surface area contributed by atoms with Crippen molar-refractivity contribution < 1.29 is 14.5 Å². The molecule has 0 saturated heterocycles. The highest BCUT2D eigenvalue weighted by atomic mass is 16.6. The molecule has 5 nitrogen and oxygen atoms in total. The van der Waals surface area contributed by atoms with Gasteiger partial charge >= 0.3 is 5.97 Å². The number of allylic oxidation sites excluding steroid dienone is 2. The monoisotopic (exact) mass is 303 g/mol. The Morgan fingerprint density at radius 2 is 2.00 bits per heavy atom. The lowest BCUT2D eigenvalue weighted by atomic mass is 10.1. The Bertz CT molecular complexity index is 629. The second kappa shape index (κ2) is 5.91. The maximum atomic E-state index is 12.2. The van der Waals surface area contributed by atoms with Crippen molar-refractivity contribution in [3.8, 4) is 0 Å². The Morgan fingerprint density at radius 3 is 2.59 bits per heavy atom. The summed E-state index contributed by atoms with van der Waals surface area (Å²) < 4.78 is 5.32. The lowest BCUT2D eigenvalue weighted by molar-refractivity contribution is -0.385. The third kappa shape index (κ3) is 3.18. The first kappa shape index (κ1) is 16.2. The number of carbonyl (C=O) groups is 1. The molecule has 0 heterocycles. The number of nitro groups is 1. The smallest absolute Gasteiger partial charge is 0.310 e. The van der Waals surface area contributed by atoms with Gasteiger partial charge < -0.3 is 4.74 Å². The van der Waals surface area contributed by atoms with E-state index in [-0.39, 0.29) is 35.5 Å². The Kier molecular flexibility index (Phi) is 4.35. The number of nitro benzene ring substituents is 1. The Balaban J connectivity index is 2.03. The summed E-state index contributed by atoms with van der Waals surface area (Å²) in [4.78, 5) is 22.7. The van der Waals surface area contributed by atoms with Crippen LogP contribution in [0.1, 0.15) is 33.3 Å². The first-order valence-corrected chi connectivity index (χ1v) is 7.29. The number of esters is 1. The Labute approximate surface area is 130 Å². The van der Waals surface area contributed by atoms with Crippen molar-refractivity contribution in [1.82, 2.24) is 0 Å². The Morgan fingerprint density at radius 1 is 1.36 bits per heavy atom. The molecular formula is C17H21NO4. The van der Waals surface area contributed by atoms with Gasteiger partial charge in [-0.15, -0.1) is 0 Å². The molecule has 1 saturated carbocycles. The van der Waals surface area contributed by atoms with Crippen molar-refractivity contribution in [3.05, 3.63) is 51.6 Å². The molecule has 0 N–H and O–H groups in total. The van der Waals surface area contributed by atoms with E-state index in [4.69, 9.17) is 4.74 Å². The van der Waals surface area contributed by atoms with E-state index < -0.39 is 4.92 Å². The molecule has 0 radical (unpaired) electrons. The van der Waals surface area contributed by atoms with Crippen molar-refractivity contribution in [2.45, 2.75) is 34.3 Å². The van der Waals surface area contributed by atoms with Crippen LogP contribution >= 0.6 is 0 Å². The van der Waals surface area contributed by atoms with Crippen molar-refractivity contribution in [2.24, 2.45) is 17.3 Å². The van der Waals surface area contributed by atoms with Gasteiger partial charge in [-0.25, -0.2) is 0 Å². The molecule has 0 amide bonds. The van der Waals surface area contributed by atoms with Crippen molar-refractivity contribution in [3.63, 3.8) is 0 Å². The van der Waals surface area contributed by atoms with Crippen molar-refractivity contribution >= 4 is 11.7 Å². The number of hydrogen-bond donors (Lipinski definition) is 0. The summed E-state index contributed by atoms with van der Waals surface area (Å²) in [5.74, 6) is -0.286. The number of carbonyl (C=O) groups excluding carboxylic acids is 1. The van der Waals surface area contributed by atoms with Gasteiger partial charge in [-0.2, -0.15) is 0 Å². The molecule has 0 aromatic heterocycles. The minimum atomic E-state index is -0.462. The van der Waals surface area contributed by atoms with Crippen molar-refractivity contribution in [1.29, 1.82) is 0 Å². The number of hydrogen-bond acceptors (Lipinski definition) is 4. The molecule has 1 unspecified atom stereocenters. The second-order valence-corrected chi connectivity index (χ2v) is 6.56. The highest BCUT2D eigenvalue weighted by molar-refractivity contribution is 5.78. The van der Waals surface area contributed by atoms with E-state index in [2.05, 4.69) is 6.08 Å². The maximum Gasteiger partial charge on any atom is 0.310 e. The van der Waals surface area contributed by atoms with Crippen LogP contribution in [0.15, 0.2) is 35.9 Å². The summed E-state index contributed by atoms with van der Waals surface area (Å²) in [6.45, 7) is 8.01. The van der Waals surface area contributed by atoms with Crippen LogP contribution in [0, 0.1) is 27.4 Å². The molecule has 1 aliphatic rings. The van der Waals surface area contributed by atoms with Crippen LogP contribution in [-0.2, 0) is 16.1 Å². The zero-order valence-corrected chi connectivity index (χ0v) is 13.3. The van der Waals surface area contributed by atoms with E-state index in [1.807, 2.05) is 27.7 Å². The SMILES string of the molecule is CC(C)=CC1[C@@H](C(=O)OCc2ccccc2[N+](=O)[O-])C1(C)C. The minimum absolute atomic E-state index is 0.0220. The van der Waals surface area contributed by atoms with Crippen LogP contribution in [0.25, 0.3) is 0 Å². The third-order valence-electron chi connectivity index (χ3n) is 4.24. The van der Waals surface area contributed by atoms with E-state index in [1.165, 1.54) is 11.6 Å². The summed E-state index contributed by atoms with van der Waals surface area (Å²) >= 11 is 0. The van der Waals surface area contributed by atoms with Gasteiger partial charge in [0, 0.05) is 6.07 Å². The molecule has 22 heavy (non-hydrogen) atoms. The molecule has 118 valence electrons. The van der Waals surface area contributed by atoms with Gasteiger partial charge in [-0.3, -0.25) is 14.9 Å². The molecule has 1 aromatic rings. The summed E-state index contributed by atoms with van der Waals surface area (Å²) in [5, 5.41) is 10.9. The summed E-state index contributed by atoms with van der Waals surface area (Å²) in [7, 11) is 0. The minimum Gasteiger partial charge on any atom is -0.460 e. The molecule has 2 atom stereocenters. The predicted octanol–water partition coefficient (Wildman–Crippen LogP) is 3.88. The lowest BCUT2D eigenvalue weighted by Crippen LogP contribution is -2.11. The van der Waals surface area contributed by atoms with Crippen LogP contribution in [0.4, 0.5) is 5.69 Å². The van der Waals surface area contributed by atoms with Gasteiger partial charge in [-0.05, 0) is 31.2 Å². The van der Waals surface area contributed by atoms with Crippen LogP contribution in [-0.4, -0.2) is 10.9 Å². The quantitative estimate of drug-likeness (QED) is 0.358. The van der Waals surface area contributed by atoms with Crippen LogP contribution < -0.4 is 0 Å². The highest BCUT2D eigenvalue weighted by Crippen LogP contribution is 2.59. The molecule has 0 bridgehead atoms. The van der Waals surface area contributed by atoms with Gasteiger partial charge in [0.1, 0.15) is 6.61 Å². The average Bonchev–Trinajstić information content (AvgIpc) is 2.96. The lowest BCUT2D eigenvalue weighted by Gasteiger charge is -2.06. The topological polar surface area (TPSA) is 69.4 Å². The molecule has 1 aliphatic carbocycles. The standard InChI is InChI=1S/C17H21NO4/c1-11(2)9-13-15(17(13,3)4)16(19)22-10-12-7-5-6-8-14(12)18(20)21/h5-9,13,15H,10H2,1-4H3/t13?,15-/m0/s1. The van der Waals surface area contributed by atoms with Crippen LogP contribution in [0.3, 0.4) is 0 Å². The molecule has 1 aromatic carbocycles. The molecule has 1 fully saturated rings. The Hall–Kier alpha value is -2.17. The second-order valence-electron chi connectivity index (χ2n) is 6.56. The van der Waals surface area contributed by atoms with E-state index in [0.717, 1.165) is 0 Å². The van der Waals surface area contributed by atoms with Gasteiger partial charge in [0.2, 0.25) is 0 Å². The zero-order valence-electron chi connectivity index (χ0n) is 13.3. The molecule has 0 aliphatic heterocycles. The van der Waals surface area contributed by atoms with Gasteiger partial charge in [-0.1, -0.05) is 37.6 Å². The van der Waals surface area contributed by atoms with Crippen LogP contribution in [0.5, 0.6) is 0 Å². The maximum absolute atomic E-state index is 12.2. The van der Waals surface area contributed by atoms with E-state index in [9.17, 15) is 14.9 Å². The average molecular weight is 303 g/mol. The third-order valence-corrected chi connectivity index (χ3v) is 4.24. The largest absolute Gasteiger partial charge is 0.460 e. The summed E-state index contributed by atoms with van der Waals surface area (Å²) in [6.07, 6.45) is 2.09. The normalized spacial score (nSPS) is 21.8. The summed E-state index contributed by atoms with van der Waals surface area (Å²) in [5.41, 5.74) is 1.45. The molecule has 0 spiro atoms. The van der Waals surface area contributed by atoms with E-state index >= 15 is 0 Å². The number of para-hydroxylation sites is 1. The van der Waals surface area contributed by atoms with Gasteiger partial charge in [0.15, 0.2) is 0 Å². The highest BCUT2D eigenvalue weighted by Gasteiger charge is 2.61. The fraction of sp³-hybridized carbons (Fsp3) is 0.471. The predicted molar refractivity (Wildman–Crippen MR) is 83.1 cm³/mol.